The van der Waals surface area contributed by atoms with Gasteiger partial charge in [-0.2, -0.15) is 0 Å². The molecule has 0 aliphatic heterocycles. The highest BCUT2D eigenvalue weighted by atomic mass is 16.5. The van der Waals surface area contributed by atoms with Crippen LogP contribution in [0.3, 0.4) is 0 Å². The number of carbonyl (C=O) groups is 1. The zero-order valence-electron chi connectivity index (χ0n) is 13.1. The van der Waals surface area contributed by atoms with Crippen molar-refractivity contribution in [2.45, 2.75) is 46.2 Å². The molecule has 1 aromatic rings. The van der Waals surface area contributed by atoms with Crippen LogP contribution >= 0.6 is 0 Å². The van der Waals surface area contributed by atoms with Gasteiger partial charge in [-0.25, -0.2) is 0 Å². The third-order valence-electron chi connectivity index (χ3n) is 4.26. The van der Waals surface area contributed by atoms with E-state index in [0.717, 1.165) is 6.42 Å². The maximum atomic E-state index is 12.0. The Bertz CT molecular complexity index is 494. The van der Waals surface area contributed by atoms with Crippen LogP contribution in [0.2, 0.25) is 0 Å². The summed E-state index contributed by atoms with van der Waals surface area (Å²) in [5.74, 6) is 0.0196. The second kappa shape index (κ2) is 5.57. The van der Waals surface area contributed by atoms with Gasteiger partial charge >= 0.3 is 5.97 Å². The fraction of sp³-hybridized carbons (Fsp3) is 0.588. The Morgan fingerprint density at radius 1 is 1.35 bits per heavy atom. The van der Waals surface area contributed by atoms with Gasteiger partial charge in [-0.3, -0.25) is 10.1 Å². The van der Waals surface area contributed by atoms with Crippen LogP contribution in [0, 0.1) is 11.3 Å². The predicted octanol–water partition coefficient (Wildman–Crippen LogP) is 3.10. The quantitative estimate of drug-likeness (QED) is 0.858. The molecule has 0 fully saturated rings. The van der Waals surface area contributed by atoms with Crippen LogP contribution in [-0.2, 0) is 16.0 Å². The van der Waals surface area contributed by atoms with Crippen molar-refractivity contribution in [3.8, 4) is 0 Å². The fourth-order valence-electron chi connectivity index (χ4n) is 3.15. The molecule has 20 heavy (non-hydrogen) atoms. The van der Waals surface area contributed by atoms with Crippen molar-refractivity contribution >= 4 is 5.97 Å². The van der Waals surface area contributed by atoms with Gasteiger partial charge < -0.3 is 4.74 Å². The van der Waals surface area contributed by atoms with E-state index in [1.807, 2.05) is 13.8 Å². The number of nitrogens with one attached hydrogen (secondary N) is 1. The van der Waals surface area contributed by atoms with Crippen LogP contribution < -0.4 is 5.32 Å². The highest BCUT2D eigenvalue weighted by Gasteiger charge is 2.41. The molecule has 0 saturated carbocycles. The first-order chi connectivity index (χ1) is 9.36. The van der Waals surface area contributed by atoms with Gasteiger partial charge in [0.15, 0.2) is 0 Å². The van der Waals surface area contributed by atoms with Crippen LogP contribution in [0.15, 0.2) is 24.3 Å². The highest BCUT2D eigenvalue weighted by molar-refractivity contribution is 5.76. The molecule has 0 saturated heterocycles. The molecule has 3 nitrogen and oxygen atoms in total. The van der Waals surface area contributed by atoms with E-state index >= 15 is 0 Å². The van der Waals surface area contributed by atoms with E-state index < -0.39 is 0 Å². The van der Waals surface area contributed by atoms with E-state index in [2.05, 4.69) is 43.4 Å². The molecular weight excluding hydrogens is 250 g/mol. The number of ether oxygens (including phenoxy) is 1. The second-order valence-corrected chi connectivity index (χ2v) is 6.71. The average Bonchev–Trinajstić information content (AvgIpc) is 2.64. The molecule has 3 heteroatoms. The van der Waals surface area contributed by atoms with Crippen LogP contribution in [0.1, 0.15) is 44.9 Å². The Morgan fingerprint density at radius 3 is 2.60 bits per heavy atom. The molecule has 1 aliphatic rings. The van der Waals surface area contributed by atoms with Crippen LogP contribution in [0.25, 0.3) is 0 Å². The van der Waals surface area contributed by atoms with E-state index in [1.165, 1.54) is 18.2 Å². The van der Waals surface area contributed by atoms with Gasteiger partial charge in [0.25, 0.3) is 0 Å². The summed E-state index contributed by atoms with van der Waals surface area (Å²) in [5.41, 5.74) is 2.79. The van der Waals surface area contributed by atoms with Crippen molar-refractivity contribution in [3.63, 3.8) is 0 Å². The minimum absolute atomic E-state index is 0.102. The topological polar surface area (TPSA) is 38.3 Å². The first-order valence-electron chi connectivity index (χ1n) is 7.28. The number of esters is 1. The lowest BCUT2D eigenvalue weighted by Crippen LogP contribution is -2.46. The van der Waals surface area contributed by atoms with E-state index in [1.54, 1.807) is 0 Å². The zero-order valence-corrected chi connectivity index (χ0v) is 13.1. The number of carbonyl (C=O) groups excluding carboxylic acids is 1. The Kier molecular flexibility index (Phi) is 4.19. The molecule has 2 atom stereocenters. The normalized spacial score (nSPS) is 21.6. The maximum absolute atomic E-state index is 12.0. The minimum Gasteiger partial charge on any atom is -0.468 e. The van der Waals surface area contributed by atoms with E-state index in [4.69, 9.17) is 4.74 Å². The number of hydrogen-bond acceptors (Lipinski definition) is 3. The summed E-state index contributed by atoms with van der Waals surface area (Å²) >= 11 is 0. The fourth-order valence-corrected chi connectivity index (χ4v) is 3.15. The third kappa shape index (κ3) is 2.73. The Balaban J connectivity index is 2.29. The van der Waals surface area contributed by atoms with E-state index in [-0.39, 0.29) is 29.4 Å². The molecule has 2 unspecified atom stereocenters. The van der Waals surface area contributed by atoms with Gasteiger partial charge in [0.2, 0.25) is 0 Å². The van der Waals surface area contributed by atoms with Gasteiger partial charge in [-0.1, -0.05) is 52.0 Å². The molecule has 1 N–H and O–H groups in total. The number of fused-ring (bicyclic) bond motifs is 1. The van der Waals surface area contributed by atoms with Crippen LogP contribution in [0.5, 0.6) is 0 Å². The maximum Gasteiger partial charge on any atom is 0.323 e. The number of benzene rings is 1. The SMILES string of the molecule is COC(=O)C(NC1c2ccccc2CC1(C)C)C(C)C. The molecule has 0 radical (unpaired) electrons. The average molecular weight is 275 g/mol. The molecule has 110 valence electrons. The summed E-state index contributed by atoms with van der Waals surface area (Å²) in [5, 5.41) is 3.54. The van der Waals surface area contributed by atoms with Gasteiger partial charge in [-0.15, -0.1) is 0 Å². The van der Waals surface area contributed by atoms with Crippen LogP contribution in [0.4, 0.5) is 0 Å². The smallest absolute Gasteiger partial charge is 0.323 e. The molecule has 0 bridgehead atoms. The van der Waals surface area contributed by atoms with Crippen molar-refractivity contribution < 1.29 is 9.53 Å². The summed E-state index contributed by atoms with van der Waals surface area (Å²) < 4.78 is 4.94. The molecule has 0 aromatic heterocycles. The number of rotatable bonds is 4. The Labute approximate surface area is 121 Å². The molecular formula is C17H25NO2. The van der Waals surface area contributed by atoms with Crippen molar-refractivity contribution in [2.75, 3.05) is 7.11 Å². The Morgan fingerprint density at radius 2 is 2.00 bits per heavy atom. The molecule has 2 rings (SSSR count). The highest BCUT2D eigenvalue weighted by Crippen LogP contribution is 2.45. The summed E-state index contributed by atoms with van der Waals surface area (Å²) in [6, 6.07) is 8.41. The third-order valence-corrected chi connectivity index (χ3v) is 4.26. The molecule has 0 heterocycles. The number of methoxy groups -OCH3 is 1. The van der Waals surface area contributed by atoms with Gasteiger partial charge in [0, 0.05) is 6.04 Å². The van der Waals surface area contributed by atoms with Crippen molar-refractivity contribution in [1.29, 1.82) is 0 Å². The monoisotopic (exact) mass is 275 g/mol. The van der Waals surface area contributed by atoms with Crippen LogP contribution in [-0.4, -0.2) is 19.1 Å². The van der Waals surface area contributed by atoms with E-state index in [9.17, 15) is 4.79 Å². The lowest BCUT2D eigenvalue weighted by Gasteiger charge is -2.33. The first-order valence-corrected chi connectivity index (χ1v) is 7.28. The van der Waals surface area contributed by atoms with Crippen molar-refractivity contribution in [1.82, 2.24) is 5.32 Å². The lowest BCUT2D eigenvalue weighted by atomic mass is 9.84. The molecule has 1 aliphatic carbocycles. The summed E-state index contributed by atoms with van der Waals surface area (Å²) in [6.07, 6.45) is 1.03. The molecule has 0 amide bonds. The van der Waals surface area contributed by atoms with Gasteiger partial charge in [-0.05, 0) is 28.9 Å². The van der Waals surface area contributed by atoms with E-state index in [0.29, 0.717) is 0 Å². The standard InChI is InChI=1S/C17H25NO2/c1-11(2)14(16(19)20-5)18-15-13-9-7-6-8-12(13)10-17(15,3)4/h6-9,11,14-15,18H,10H2,1-5H3. The van der Waals surface area contributed by atoms with Gasteiger partial charge in [0.05, 0.1) is 7.11 Å². The first kappa shape index (κ1) is 15.0. The second-order valence-electron chi connectivity index (χ2n) is 6.71. The summed E-state index contributed by atoms with van der Waals surface area (Å²) in [4.78, 5) is 12.0. The van der Waals surface area contributed by atoms with Crippen molar-refractivity contribution in [2.24, 2.45) is 11.3 Å². The zero-order chi connectivity index (χ0) is 14.9. The predicted molar refractivity (Wildman–Crippen MR) is 80.4 cm³/mol. The Hall–Kier alpha value is -1.35. The van der Waals surface area contributed by atoms with Crippen molar-refractivity contribution in [3.05, 3.63) is 35.4 Å². The molecule has 0 spiro atoms. The largest absolute Gasteiger partial charge is 0.468 e. The molecule has 1 aromatic carbocycles. The summed E-state index contributed by atoms with van der Waals surface area (Å²) in [7, 11) is 1.45. The minimum atomic E-state index is -0.268. The number of hydrogen-bond donors (Lipinski definition) is 1. The lowest BCUT2D eigenvalue weighted by molar-refractivity contribution is -0.144. The summed E-state index contributed by atoms with van der Waals surface area (Å²) in [6.45, 7) is 8.59. The van der Waals surface area contributed by atoms with Gasteiger partial charge in [0.1, 0.15) is 6.04 Å².